The molecule has 0 saturated carbocycles. The first-order valence-electron chi connectivity index (χ1n) is 5.58. The molecule has 7 heteroatoms. The van der Waals surface area contributed by atoms with Crippen molar-refractivity contribution in [2.24, 2.45) is 0 Å². The maximum Gasteiger partial charge on any atom is 0.269 e. The third-order valence-electron chi connectivity index (χ3n) is 2.15. The van der Waals surface area contributed by atoms with Gasteiger partial charge in [-0.15, -0.1) is 0 Å². The number of carbonyl (C=O) groups excluding carboxylic acids is 3. The smallest absolute Gasteiger partial charge is 0.269 e. The van der Waals surface area contributed by atoms with Crippen LogP contribution < -0.4 is 16.2 Å². The molecule has 0 aliphatic rings. The van der Waals surface area contributed by atoms with Crippen LogP contribution in [-0.4, -0.2) is 24.3 Å². The van der Waals surface area contributed by atoms with E-state index in [1.165, 1.54) is 6.92 Å². The van der Waals surface area contributed by atoms with Crippen LogP contribution in [-0.2, 0) is 9.59 Å². The molecular weight excluding hydrogens is 270 g/mol. The number of hydrazine groups is 1. The van der Waals surface area contributed by atoms with Gasteiger partial charge in [0.2, 0.25) is 11.8 Å². The van der Waals surface area contributed by atoms with Crippen LogP contribution in [0.5, 0.6) is 0 Å². The lowest BCUT2D eigenvalue weighted by atomic mass is 10.2. The fraction of sp³-hybridized carbons (Fsp3) is 0.250. The lowest BCUT2D eigenvalue weighted by Gasteiger charge is -2.07. The number of amides is 3. The number of rotatable bonds is 4. The summed E-state index contributed by atoms with van der Waals surface area (Å²) in [4.78, 5) is 33.5. The van der Waals surface area contributed by atoms with Gasteiger partial charge in [0, 0.05) is 30.5 Å². The van der Waals surface area contributed by atoms with E-state index in [2.05, 4.69) is 16.2 Å². The van der Waals surface area contributed by atoms with Crippen LogP contribution in [0.25, 0.3) is 0 Å². The minimum Gasteiger partial charge on any atom is -0.356 e. The van der Waals surface area contributed by atoms with E-state index in [4.69, 9.17) is 11.6 Å². The van der Waals surface area contributed by atoms with E-state index in [1.54, 1.807) is 24.3 Å². The Balaban J connectivity index is 2.31. The van der Waals surface area contributed by atoms with Crippen molar-refractivity contribution in [3.63, 3.8) is 0 Å². The number of hydrogen-bond acceptors (Lipinski definition) is 3. The Labute approximate surface area is 115 Å². The minimum absolute atomic E-state index is 0.0838. The van der Waals surface area contributed by atoms with Crippen molar-refractivity contribution in [1.29, 1.82) is 0 Å². The molecule has 0 spiro atoms. The molecular formula is C12H14ClN3O3. The topological polar surface area (TPSA) is 87.3 Å². The molecule has 0 aromatic heterocycles. The van der Waals surface area contributed by atoms with E-state index in [1.807, 2.05) is 0 Å². The Kier molecular flexibility index (Phi) is 5.81. The van der Waals surface area contributed by atoms with Crippen molar-refractivity contribution in [1.82, 2.24) is 16.2 Å². The second-order valence-corrected chi connectivity index (χ2v) is 4.18. The third-order valence-corrected chi connectivity index (χ3v) is 2.40. The molecule has 0 fully saturated rings. The van der Waals surface area contributed by atoms with Gasteiger partial charge in [0.15, 0.2) is 0 Å². The summed E-state index contributed by atoms with van der Waals surface area (Å²) in [5.74, 6) is -1.04. The van der Waals surface area contributed by atoms with Crippen LogP contribution in [0.2, 0.25) is 5.02 Å². The fourth-order valence-electron chi connectivity index (χ4n) is 1.21. The van der Waals surface area contributed by atoms with Crippen LogP contribution in [0.4, 0.5) is 0 Å². The number of benzene rings is 1. The maximum absolute atomic E-state index is 11.6. The summed E-state index contributed by atoms with van der Waals surface area (Å²) in [5, 5.41) is 3.00. The first-order chi connectivity index (χ1) is 8.99. The number of halogens is 1. The SMILES string of the molecule is CC(=O)NCCC(=O)NNC(=O)c1ccc(Cl)cc1. The maximum atomic E-state index is 11.6. The molecule has 102 valence electrons. The highest BCUT2D eigenvalue weighted by atomic mass is 35.5. The Bertz CT molecular complexity index is 474. The predicted molar refractivity (Wildman–Crippen MR) is 70.4 cm³/mol. The standard InChI is InChI=1S/C12H14ClN3O3/c1-8(17)14-7-6-11(18)15-16-12(19)9-2-4-10(13)5-3-9/h2-5H,6-7H2,1H3,(H,14,17)(H,15,18)(H,16,19). The number of nitrogens with one attached hydrogen (secondary N) is 3. The molecule has 19 heavy (non-hydrogen) atoms. The Morgan fingerprint density at radius 3 is 2.32 bits per heavy atom. The zero-order valence-corrected chi connectivity index (χ0v) is 11.1. The lowest BCUT2D eigenvalue weighted by Crippen LogP contribution is -2.42. The lowest BCUT2D eigenvalue weighted by molar-refractivity contribution is -0.122. The predicted octanol–water partition coefficient (Wildman–Crippen LogP) is 0.627. The molecule has 1 aromatic carbocycles. The van der Waals surface area contributed by atoms with E-state index >= 15 is 0 Å². The summed E-state index contributed by atoms with van der Waals surface area (Å²) in [6.07, 6.45) is 0.0838. The van der Waals surface area contributed by atoms with Crippen LogP contribution in [0, 0.1) is 0 Å². The second kappa shape index (κ2) is 7.38. The average Bonchev–Trinajstić information content (AvgIpc) is 2.36. The summed E-state index contributed by atoms with van der Waals surface area (Å²) in [7, 11) is 0. The van der Waals surface area contributed by atoms with E-state index in [-0.39, 0.29) is 18.9 Å². The van der Waals surface area contributed by atoms with Gasteiger partial charge in [0.1, 0.15) is 0 Å². The van der Waals surface area contributed by atoms with Gasteiger partial charge in [-0.1, -0.05) is 11.6 Å². The zero-order chi connectivity index (χ0) is 14.3. The van der Waals surface area contributed by atoms with Crippen LogP contribution >= 0.6 is 11.6 Å². The molecule has 0 unspecified atom stereocenters. The normalized spacial score (nSPS) is 9.58. The largest absolute Gasteiger partial charge is 0.356 e. The molecule has 0 aliphatic carbocycles. The van der Waals surface area contributed by atoms with Crippen molar-refractivity contribution >= 4 is 29.3 Å². The molecule has 1 rings (SSSR count). The van der Waals surface area contributed by atoms with Gasteiger partial charge < -0.3 is 5.32 Å². The molecule has 0 atom stereocenters. The van der Waals surface area contributed by atoms with Crippen molar-refractivity contribution in [3.8, 4) is 0 Å². The summed E-state index contributed by atoms with van der Waals surface area (Å²) in [6, 6.07) is 6.24. The van der Waals surface area contributed by atoms with E-state index in [0.29, 0.717) is 10.6 Å². The molecule has 0 saturated heterocycles. The molecule has 0 radical (unpaired) electrons. The summed E-state index contributed by atoms with van der Waals surface area (Å²) in [6.45, 7) is 1.58. The highest BCUT2D eigenvalue weighted by Crippen LogP contribution is 2.08. The first kappa shape index (κ1) is 15.0. The highest BCUT2D eigenvalue weighted by Gasteiger charge is 2.07. The monoisotopic (exact) mass is 283 g/mol. The highest BCUT2D eigenvalue weighted by molar-refractivity contribution is 6.30. The molecule has 0 bridgehead atoms. The van der Waals surface area contributed by atoms with Gasteiger partial charge in [-0.05, 0) is 24.3 Å². The van der Waals surface area contributed by atoms with Crippen molar-refractivity contribution in [3.05, 3.63) is 34.9 Å². The summed E-state index contributed by atoms with van der Waals surface area (Å²) in [5.41, 5.74) is 4.89. The van der Waals surface area contributed by atoms with Crippen molar-refractivity contribution < 1.29 is 14.4 Å². The first-order valence-corrected chi connectivity index (χ1v) is 5.96. The fourth-order valence-corrected chi connectivity index (χ4v) is 1.34. The summed E-state index contributed by atoms with van der Waals surface area (Å²) >= 11 is 5.69. The Hall–Kier alpha value is -2.08. The van der Waals surface area contributed by atoms with Crippen molar-refractivity contribution in [2.75, 3.05) is 6.54 Å². The molecule has 0 heterocycles. The van der Waals surface area contributed by atoms with Gasteiger partial charge in [-0.3, -0.25) is 25.2 Å². The molecule has 6 nitrogen and oxygen atoms in total. The Morgan fingerprint density at radius 1 is 1.11 bits per heavy atom. The van der Waals surface area contributed by atoms with E-state index in [0.717, 1.165) is 0 Å². The molecule has 0 aliphatic heterocycles. The van der Waals surface area contributed by atoms with Gasteiger partial charge >= 0.3 is 0 Å². The minimum atomic E-state index is -0.440. The van der Waals surface area contributed by atoms with Crippen LogP contribution in [0.1, 0.15) is 23.7 Å². The van der Waals surface area contributed by atoms with Gasteiger partial charge in [-0.2, -0.15) is 0 Å². The van der Waals surface area contributed by atoms with E-state index < -0.39 is 11.8 Å². The quantitative estimate of drug-likeness (QED) is 0.708. The zero-order valence-electron chi connectivity index (χ0n) is 10.3. The van der Waals surface area contributed by atoms with Crippen LogP contribution in [0.3, 0.4) is 0 Å². The Morgan fingerprint density at radius 2 is 1.74 bits per heavy atom. The second-order valence-electron chi connectivity index (χ2n) is 3.74. The van der Waals surface area contributed by atoms with E-state index in [9.17, 15) is 14.4 Å². The number of carbonyl (C=O) groups is 3. The molecule has 1 aromatic rings. The molecule has 3 amide bonds. The van der Waals surface area contributed by atoms with Crippen LogP contribution in [0.15, 0.2) is 24.3 Å². The third kappa shape index (κ3) is 5.87. The molecule has 3 N–H and O–H groups in total. The van der Waals surface area contributed by atoms with Gasteiger partial charge in [0.05, 0.1) is 0 Å². The average molecular weight is 284 g/mol. The van der Waals surface area contributed by atoms with Gasteiger partial charge in [-0.25, -0.2) is 0 Å². The number of hydrogen-bond donors (Lipinski definition) is 3. The van der Waals surface area contributed by atoms with Crippen molar-refractivity contribution in [2.45, 2.75) is 13.3 Å². The summed E-state index contributed by atoms with van der Waals surface area (Å²) < 4.78 is 0. The van der Waals surface area contributed by atoms with Gasteiger partial charge in [0.25, 0.3) is 5.91 Å².